The number of carbonyl (C=O) groups is 2. The Balaban J connectivity index is 1.76. The number of amides is 2. The standard InChI is InChI=1S/C25H21FN4O3/c1-17-4-6-18(7-5-17)23(24(31)29-20-10-8-19(26)9-11-20)30(16-21-3-2-14-33-21)25(32)22-15-27-12-13-28-22/h2-15,23H,16H2,1H3,(H,29,31)/t23-/m1/s1. The molecule has 0 unspecified atom stereocenters. The van der Waals surface area contributed by atoms with E-state index in [2.05, 4.69) is 15.3 Å². The maximum absolute atomic E-state index is 13.5. The molecule has 1 N–H and O–H groups in total. The fraction of sp³-hybridized carbons (Fsp3) is 0.120. The number of nitrogens with one attached hydrogen (secondary N) is 1. The van der Waals surface area contributed by atoms with Crippen molar-refractivity contribution < 1.29 is 18.4 Å². The Hall–Kier alpha value is -4.33. The summed E-state index contributed by atoms with van der Waals surface area (Å²) in [6, 6.07) is 15.2. The van der Waals surface area contributed by atoms with E-state index in [1.165, 1.54) is 54.0 Å². The van der Waals surface area contributed by atoms with Crippen molar-refractivity contribution in [3.05, 3.63) is 114 Å². The van der Waals surface area contributed by atoms with Crippen LogP contribution in [0, 0.1) is 12.7 Å². The molecular formula is C25H21FN4O3. The van der Waals surface area contributed by atoms with Crippen molar-refractivity contribution in [3.8, 4) is 0 Å². The van der Waals surface area contributed by atoms with Crippen molar-refractivity contribution in [1.29, 1.82) is 0 Å². The Kier molecular flexibility index (Phi) is 6.54. The molecule has 0 aliphatic rings. The van der Waals surface area contributed by atoms with Gasteiger partial charge in [-0.05, 0) is 48.9 Å². The second-order valence-electron chi connectivity index (χ2n) is 7.41. The maximum atomic E-state index is 13.5. The normalized spacial score (nSPS) is 11.6. The van der Waals surface area contributed by atoms with Gasteiger partial charge in [-0.2, -0.15) is 0 Å². The molecule has 4 aromatic rings. The Bertz CT molecular complexity index is 1210. The van der Waals surface area contributed by atoms with Gasteiger partial charge in [0, 0.05) is 18.1 Å². The molecule has 0 bridgehead atoms. The number of benzene rings is 2. The van der Waals surface area contributed by atoms with E-state index in [0.29, 0.717) is 17.0 Å². The van der Waals surface area contributed by atoms with Gasteiger partial charge in [0.1, 0.15) is 23.3 Å². The van der Waals surface area contributed by atoms with Crippen molar-refractivity contribution in [2.24, 2.45) is 0 Å². The third kappa shape index (κ3) is 5.30. The fourth-order valence-electron chi connectivity index (χ4n) is 3.37. The van der Waals surface area contributed by atoms with Gasteiger partial charge in [0.25, 0.3) is 11.8 Å². The highest BCUT2D eigenvalue weighted by atomic mass is 19.1. The zero-order valence-electron chi connectivity index (χ0n) is 17.8. The van der Waals surface area contributed by atoms with Crippen LogP contribution in [0.5, 0.6) is 0 Å². The third-order valence-corrected chi connectivity index (χ3v) is 5.01. The lowest BCUT2D eigenvalue weighted by Crippen LogP contribution is -2.41. The molecule has 2 amide bonds. The number of anilines is 1. The molecule has 4 rings (SSSR count). The monoisotopic (exact) mass is 444 g/mol. The van der Waals surface area contributed by atoms with Crippen LogP contribution in [-0.2, 0) is 11.3 Å². The summed E-state index contributed by atoms with van der Waals surface area (Å²) in [5, 5.41) is 2.78. The van der Waals surface area contributed by atoms with Crippen LogP contribution in [0.15, 0.2) is 89.9 Å². The molecule has 8 heteroatoms. The predicted molar refractivity (Wildman–Crippen MR) is 120 cm³/mol. The summed E-state index contributed by atoms with van der Waals surface area (Å²) < 4.78 is 18.8. The van der Waals surface area contributed by atoms with Gasteiger partial charge in [-0.3, -0.25) is 14.6 Å². The molecule has 2 aromatic heterocycles. The second kappa shape index (κ2) is 9.86. The summed E-state index contributed by atoms with van der Waals surface area (Å²) in [7, 11) is 0. The summed E-state index contributed by atoms with van der Waals surface area (Å²) in [6.45, 7) is 1.96. The third-order valence-electron chi connectivity index (χ3n) is 5.01. The van der Waals surface area contributed by atoms with Gasteiger partial charge in [0.15, 0.2) is 0 Å². The Morgan fingerprint density at radius 2 is 1.82 bits per heavy atom. The topological polar surface area (TPSA) is 88.3 Å². The van der Waals surface area contributed by atoms with E-state index in [9.17, 15) is 14.0 Å². The molecule has 1 atom stereocenters. The van der Waals surface area contributed by atoms with Crippen LogP contribution < -0.4 is 5.32 Å². The molecule has 33 heavy (non-hydrogen) atoms. The van der Waals surface area contributed by atoms with E-state index >= 15 is 0 Å². The van der Waals surface area contributed by atoms with Crippen LogP contribution in [0.2, 0.25) is 0 Å². The van der Waals surface area contributed by atoms with E-state index in [0.717, 1.165) is 5.56 Å². The Labute approximate surface area is 189 Å². The number of hydrogen-bond donors (Lipinski definition) is 1. The van der Waals surface area contributed by atoms with Crippen LogP contribution in [0.1, 0.15) is 33.4 Å². The van der Waals surface area contributed by atoms with E-state index in [-0.39, 0.29) is 12.2 Å². The molecule has 0 saturated carbocycles. The highest BCUT2D eigenvalue weighted by Gasteiger charge is 2.33. The molecule has 0 spiro atoms. The molecule has 0 saturated heterocycles. The van der Waals surface area contributed by atoms with Crippen LogP contribution in [0.3, 0.4) is 0 Å². The number of halogens is 1. The van der Waals surface area contributed by atoms with Crippen molar-refractivity contribution in [1.82, 2.24) is 14.9 Å². The molecule has 0 radical (unpaired) electrons. The fourth-order valence-corrected chi connectivity index (χ4v) is 3.37. The number of carbonyl (C=O) groups excluding carboxylic acids is 2. The summed E-state index contributed by atoms with van der Waals surface area (Å²) in [6.07, 6.45) is 5.73. The smallest absolute Gasteiger partial charge is 0.275 e. The first-order chi connectivity index (χ1) is 16.0. The summed E-state index contributed by atoms with van der Waals surface area (Å²) in [5.41, 5.74) is 2.11. The minimum Gasteiger partial charge on any atom is -0.467 e. The van der Waals surface area contributed by atoms with Crippen LogP contribution in [-0.4, -0.2) is 26.7 Å². The maximum Gasteiger partial charge on any atom is 0.275 e. The zero-order valence-corrected chi connectivity index (χ0v) is 17.8. The van der Waals surface area contributed by atoms with Crippen molar-refractivity contribution in [2.75, 3.05) is 5.32 Å². The Morgan fingerprint density at radius 3 is 2.45 bits per heavy atom. The number of hydrogen-bond acceptors (Lipinski definition) is 5. The van der Waals surface area contributed by atoms with Crippen molar-refractivity contribution >= 4 is 17.5 Å². The minimum absolute atomic E-state index is 0.0256. The number of furan rings is 1. The zero-order chi connectivity index (χ0) is 23.2. The van der Waals surface area contributed by atoms with Crippen LogP contribution in [0.4, 0.5) is 10.1 Å². The van der Waals surface area contributed by atoms with Crippen molar-refractivity contribution in [2.45, 2.75) is 19.5 Å². The number of aromatic nitrogens is 2. The summed E-state index contributed by atoms with van der Waals surface area (Å²) >= 11 is 0. The van der Waals surface area contributed by atoms with E-state index in [4.69, 9.17) is 4.42 Å². The predicted octanol–water partition coefficient (Wildman–Crippen LogP) is 4.54. The minimum atomic E-state index is -1.02. The molecule has 0 aliphatic carbocycles. The van der Waals surface area contributed by atoms with Gasteiger partial charge in [0.05, 0.1) is 19.0 Å². The molecule has 0 aliphatic heterocycles. The number of nitrogens with zero attached hydrogens (tertiary/aromatic N) is 3. The SMILES string of the molecule is Cc1ccc([C@H](C(=O)Nc2ccc(F)cc2)N(Cc2ccco2)C(=O)c2cnccn2)cc1. The lowest BCUT2D eigenvalue weighted by Gasteiger charge is -2.30. The first kappa shape index (κ1) is 21.9. The van der Waals surface area contributed by atoms with Gasteiger partial charge in [0.2, 0.25) is 0 Å². The van der Waals surface area contributed by atoms with E-state index < -0.39 is 23.7 Å². The average Bonchev–Trinajstić information content (AvgIpc) is 3.35. The van der Waals surface area contributed by atoms with Gasteiger partial charge >= 0.3 is 0 Å². The average molecular weight is 444 g/mol. The van der Waals surface area contributed by atoms with Gasteiger partial charge < -0.3 is 14.6 Å². The molecular weight excluding hydrogens is 423 g/mol. The molecule has 2 heterocycles. The van der Waals surface area contributed by atoms with Crippen LogP contribution >= 0.6 is 0 Å². The molecule has 0 fully saturated rings. The first-order valence-corrected chi connectivity index (χ1v) is 10.2. The van der Waals surface area contributed by atoms with E-state index in [1.807, 2.05) is 19.1 Å². The van der Waals surface area contributed by atoms with Crippen LogP contribution in [0.25, 0.3) is 0 Å². The summed E-state index contributed by atoms with van der Waals surface area (Å²) in [4.78, 5) is 36.5. The first-order valence-electron chi connectivity index (χ1n) is 10.2. The highest BCUT2D eigenvalue weighted by molar-refractivity contribution is 6.00. The van der Waals surface area contributed by atoms with Crippen molar-refractivity contribution in [3.63, 3.8) is 0 Å². The van der Waals surface area contributed by atoms with Gasteiger partial charge in [-0.15, -0.1) is 0 Å². The molecule has 166 valence electrons. The largest absolute Gasteiger partial charge is 0.467 e. The number of aryl methyl sites for hydroxylation is 1. The lowest BCUT2D eigenvalue weighted by atomic mass is 10.0. The van der Waals surface area contributed by atoms with Gasteiger partial charge in [-0.1, -0.05) is 29.8 Å². The molecule has 2 aromatic carbocycles. The lowest BCUT2D eigenvalue weighted by molar-refractivity contribution is -0.121. The second-order valence-corrected chi connectivity index (χ2v) is 7.41. The van der Waals surface area contributed by atoms with Gasteiger partial charge in [-0.25, -0.2) is 9.37 Å². The molecule has 7 nitrogen and oxygen atoms in total. The number of rotatable bonds is 7. The Morgan fingerprint density at radius 1 is 1.06 bits per heavy atom. The summed E-state index contributed by atoms with van der Waals surface area (Å²) in [5.74, 6) is -0.868. The highest BCUT2D eigenvalue weighted by Crippen LogP contribution is 2.27. The quantitative estimate of drug-likeness (QED) is 0.452. The van der Waals surface area contributed by atoms with E-state index in [1.54, 1.807) is 24.3 Å².